The van der Waals surface area contributed by atoms with Crippen molar-refractivity contribution < 1.29 is 14.3 Å². The highest BCUT2D eigenvalue weighted by Gasteiger charge is 2.36. The fourth-order valence-electron chi connectivity index (χ4n) is 1.72. The SMILES string of the molecule is COC(=O)C1CC(=O)N(c2cn[nH]c2Cl)C1. The summed E-state index contributed by atoms with van der Waals surface area (Å²) < 4.78 is 4.60. The Hall–Kier alpha value is -1.56. The van der Waals surface area contributed by atoms with Crippen molar-refractivity contribution in [3.05, 3.63) is 11.3 Å². The standard InChI is InChI=1S/C9H10ClN3O3/c1-16-9(15)5-2-7(14)13(4-5)6-3-11-12-8(6)10/h3,5H,2,4H2,1H3,(H,11,12). The molecule has 0 radical (unpaired) electrons. The van der Waals surface area contributed by atoms with Gasteiger partial charge < -0.3 is 9.64 Å². The number of aromatic nitrogens is 2. The zero-order valence-corrected chi connectivity index (χ0v) is 9.32. The van der Waals surface area contributed by atoms with Crippen molar-refractivity contribution in [2.24, 2.45) is 5.92 Å². The van der Waals surface area contributed by atoms with Gasteiger partial charge in [0.25, 0.3) is 0 Å². The molecule has 1 aliphatic rings. The lowest BCUT2D eigenvalue weighted by Crippen LogP contribution is -2.26. The Balaban J connectivity index is 2.17. The zero-order valence-electron chi connectivity index (χ0n) is 8.57. The molecule has 1 saturated heterocycles. The molecule has 7 heteroatoms. The Morgan fingerprint density at radius 3 is 3.06 bits per heavy atom. The minimum absolute atomic E-state index is 0.147. The van der Waals surface area contributed by atoms with E-state index in [9.17, 15) is 9.59 Å². The van der Waals surface area contributed by atoms with Gasteiger partial charge in [0.15, 0.2) is 0 Å². The number of H-pyrrole nitrogens is 1. The lowest BCUT2D eigenvalue weighted by atomic mass is 10.1. The summed E-state index contributed by atoms with van der Waals surface area (Å²) in [4.78, 5) is 24.4. The van der Waals surface area contributed by atoms with Crippen LogP contribution in [0.1, 0.15) is 6.42 Å². The predicted octanol–water partition coefficient (Wildman–Crippen LogP) is 0.589. The van der Waals surface area contributed by atoms with E-state index in [1.165, 1.54) is 18.2 Å². The lowest BCUT2D eigenvalue weighted by Gasteiger charge is -2.13. The van der Waals surface area contributed by atoms with E-state index >= 15 is 0 Å². The molecule has 2 heterocycles. The van der Waals surface area contributed by atoms with Crippen LogP contribution in [0.25, 0.3) is 0 Å². The molecule has 86 valence electrons. The molecule has 0 saturated carbocycles. The largest absolute Gasteiger partial charge is 0.469 e. The van der Waals surface area contributed by atoms with Gasteiger partial charge in [-0.25, -0.2) is 0 Å². The molecule has 1 amide bonds. The maximum Gasteiger partial charge on any atom is 0.311 e. The van der Waals surface area contributed by atoms with E-state index in [0.717, 1.165) is 0 Å². The number of nitrogens with one attached hydrogen (secondary N) is 1. The van der Waals surface area contributed by atoms with Gasteiger partial charge in [0.05, 0.1) is 19.2 Å². The molecule has 1 aromatic rings. The second-order valence-corrected chi connectivity index (χ2v) is 3.88. The van der Waals surface area contributed by atoms with Gasteiger partial charge in [-0.1, -0.05) is 11.6 Å². The molecule has 2 rings (SSSR count). The van der Waals surface area contributed by atoms with E-state index < -0.39 is 5.92 Å². The summed E-state index contributed by atoms with van der Waals surface area (Å²) in [6, 6.07) is 0. The van der Waals surface area contributed by atoms with Crippen LogP contribution in [0.5, 0.6) is 0 Å². The van der Waals surface area contributed by atoms with Gasteiger partial charge >= 0.3 is 5.97 Å². The van der Waals surface area contributed by atoms with Crippen molar-refractivity contribution in [2.75, 3.05) is 18.6 Å². The maximum absolute atomic E-state index is 11.7. The number of hydrogen-bond donors (Lipinski definition) is 1. The highest BCUT2D eigenvalue weighted by molar-refractivity contribution is 6.32. The van der Waals surface area contributed by atoms with Crippen molar-refractivity contribution >= 4 is 29.2 Å². The number of aromatic amines is 1. The summed E-state index contributed by atoms with van der Waals surface area (Å²) in [6.45, 7) is 0.282. The number of nitrogens with zero attached hydrogens (tertiary/aromatic N) is 2. The first-order chi connectivity index (χ1) is 7.63. The highest BCUT2D eigenvalue weighted by atomic mass is 35.5. The Kier molecular flexibility index (Phi) is 2.82. The molecule has 6 nitrogen and oxygen atoms in total. The van der Waals surface area contributed by atoms with E-state index in [4.69, 9.17) is 11.6 Å². The van der Waals surface area contributed by atoms with E-state index in [0.29, 0.717) is 10.8 Å². The van der Waals surface area contributed by atoms with Crippen LogP contribution >= 0.6 is 11.6 Å². The average Bonchev–Trinajstić information content (AvgIpc) is 2.83. The number of rotatable bonds is 2. The van der Waals surface area contributed by atoms with Gasteiger partial charge in [0, 0.05) is 13.0 Å². The fourth-order valence-corrected chi connectivity index (χ4v) is 1.92. The molecule has 1 fully saturated rings. The third-order valence-electron chi connectivity index (χ3n) is 2.52. The minimum atomic E-state index is -0.427. The van der Waals surface area contributed by atoms with E-state index in [1.807, 2.05) is 0 Å². The maximum atomic E-state index is 11.7. The molecule has 0 bridgehead atoms. The van der Waals surface area contributed by atoms with Crippen LogP contribution in [0.2, 0.25) is 5.15 Å². The second kappa shape index (κ2) is 4.13. The number of anilines is 1. The van der Waals surface area contributed by atoms with Gasteiger partial charge in [-0.15, -0.1) is 0 Å². The number of esters is 1. The Morgan fingerprint density at radius 1 is 1.75 bits per heavy atom. The number of hydrogen-bond acceptors (Lipinski definition) is 4. The van der Waals surface area contributed by atoms with E-state index in [2.05, 4.69) is 14.9 Å². The normalized spacial score (nSPS) is 20.2. The van der Waals surface area contributed by atoms with Crippen LogP contribution in [-0.2, 0) is 14.3 Å². The van der Waals surface area contributed by atoms with Crippen LogP contribution in [0.3, 0.4) is 0 Å². The third-order valence-corrected chi connectivity index (χ3v) is 2.80. The number of methoxy groups -OCH3 is 1. The van der Waals surface area contributed by atoms with Gasteiger partial charge in [-0.3, -0.25) is 14.7 Å². The summed E-state index contributed by atoms with van der Waals surface area (Å²) >= 11 is 5.82. The number of amides is 1. The van der Waals surface area contributed by atoms with Crippen molar-refractivity contribution in [3.8, 4) is 0 Å². The first-order valence-electron chi connectivity index (χ1n) is 4.70. The van der Waals surface area contributed by atoms with Crippen molar-refractivity contribution in [3.63, 3.8) is 0 Å². The molecule has 0 spiro atoms. The molecule has 1 aliphatic heterocycles. The van der Waals surface area contributed by atoms with Gasteiger partial charge in [-0.2, -0.15) is 5.10 Å². The smallest absolute Gasteiger partial charge is 0.311 e. The molecule has 16 heavy (non-hydrogen) atoms. The summed E-state index contributed by atoms with van der Waals surface area (Å²) in [6.07, 6.45) is 1.61. The summed E-state index contributed by atoms with van der Waals surface area (Å²) in [5, 5.41) is 6.54. The van der Waals surface area contributed by atoms with Crippen molar-refractivity contribution in [1.29, 1.82) is 0 Å². The number of ether oxygens (including phenoxy) is 1. The second-order valence-electron chi connectivity index (χ2n) is 3.50. The Morgan fingerprint density at radius 2 is 2.50 bits per heavy atom. The molecular formula is C9H10ClN3O3. The van der Waals surface area contributed by atoms with E-state index in [-0.39, 0.29) is 24.8 Å². The summed E-state index contributed by atoms with van der Waals surface area (Å²) in [5.74, 6) is -0.961. The number of carbonyl (C=O) groups excluding carboxylic acids is 2. The van der Waals surface area contributed by atoms with E-state index in [1.54, 1.807) is 0 Å². The summed E-state index contributed by atoms with van der Waals surface area (Å²) in [5.41, 5.74) is 0.498. The minimum Gasteiger partial charge on any atom is -0.469 e. The topological polar surface area (TPSA) is 75.3 Å². The quantitative estimate of drug-likeness (QED) is 0.772. The van der Waals surface area contributed by atoms with Crippen LogP contribution in [0.4, 0.5) is 5.69 Å². The Labute approximate surface area is 96.5 Å². The highest BCUT2D eigenvalue weighted by Crippen LogP contribution is 2.29. The molecule has 0 aliphatic carbocycles. The van der Waals surface area contributed by atoms with Gasteiger partial charge in [0.1, 0.15) is 10.8 Å². The number of carbonyl (C=O) groups is 2. The lowest BCUT2D eigenvalue weighted by molar-refractivity contribution is -0.145. The molecular weight excluding hydrogens is 234 g/mol. The molecule has 0 aromatic carbocycles. The molecule has 1 N–H and O–H groups in total. The molecule has 1 atom stereocenters. The molecule has 1 aromatic heterocycles. The van der Waals surface area contributed by atoms with Crippen LogP contribution in [0.15, 0.2) is 6.20 Å². The predicted molar refractivity (Wildman–Crippen MR) is 56.1 cm³/mol. The first-order valence-corrected chi connectivity index (χ1v) is 5.08. The monoisotopic (exact) mass is 243 g/mol. The Bertz CT molecular complexity index is 431. The van der Waals surface area contributed by atoms with Crippen LogP contribution in [-0.4, -0.2) is 35.7 Å². The molecule has 1 unspecified atom stereocenters. The number of halogens is 1. The van der Waals surface area contributed by atoms with Crippen LogP contribution < -0.4 is 4.90 Å². The zero-order chi connectivity index (χ0) is 11.7. The summed E-state index contributed by atoms with van der Waals surface area (Å²) in [7, 11) is 1.31. The van der Waals surface area contributed by atoms with Gasteiger partial charge in [-0.05, 0) is 0 Å². The third kappa shape index (κ3) is 1.76. The first kappa shape index (κ1) is 10.9. The van der Waals surface area contributed by atoms with Crippen LogP contribution in [0, 0.1) is 5.92 Å². The fraction of sp³-hybridized carbons (Fsp3) is 0.444. The van der Waals surface area contributed by atoms with Crippen molar-refractivity contribution in [2.45, 2.75) is 6.42 Å². The average molecular weight is 244 g/mol. The van der Waals surface area contributed by atoms with Gasteiger partial charge in [0.2, 0.25) is 5.91 Å². The van der Waals surface area contributed by atoms with Crippen molar-refractivity contribution in [1.82, 2.24) is 10.2 Å².